The highest BCUT2D eigenvalue weighted by molar-refractivity contribution is 9.10. The fourth-order valence-corrected chi connectivity index (χ4v) is 3.09. The summed E-state index contributed by atoms with van der Waals surface area (Å²) in [6.07, 6.45) is 2.60. The molecule has 1 N–H and O–H groups in total. The van der Waals surface area contributed by atoms with Crippen molar-refractivity contribution in [3.05, 3.63) is 70.2 Å². The Balaban J connectivity index is 2.06. The lowest BCUT2D eigenvalue weighted by atomic mass is 9.86. The van der Waals surface area contributed by atoms with Gasteiger partial charge in [0.15, 0.2) is 6.10 Å². The van der Waals surface area contributed by atoms with Gasteiger partial charge in [-0.15, -0.1) is 0 Å². The van der Waals surface area contributed by atoms with Gasteiger partial charge >= 0.3 is 5.97 Å². The zero-order valence-corrected chi connectivity index (χ0v) is 14.0. The minimum atomic E-state index is -1.92. The molecule has 0 spiro atoms. The fourth-order valence-electron chi connectivity index (χ4n) is 2.61. The minimum Gasteiger partial charge on any atom is -0.482 e. The normalized spacial score (nSPS) is 18.5. The zero-order chi connectivity index (χ0) is 16.4. The summed E-state index contributed by atoms with van der Waals surface area (Å²) in [5, 5.41) is 11.1. The van der Waals surface area contributed by atoms with Crippen LogP contribution in [-0.4, -0.2) is 24.3 Å². The molecule has 5 heteroatoms. The van der Waals surface area contributed by atoms with Crippen molar-refractivity contribution in [2.24, 2.45) is 0 Å². The second-order valence-corrected chi connectivity index (χ2v) is 6.03. The van der Waals surface area contributed by atoms with E-state index in [4.69, 9.17) is 9.47 Å². The lowest BCUT2D eigenvalue weighted by molar-refractivity contribution is -0.172. The highest BCUT2D eigenvalue weighted by Gasteiger charge is 2.48. The largest absolute Gasteiger partial charge is 0.482 e. The van der Waals surface area contributed by atoms with Gasteiger partial charge in [0.25, 0.3) is 0 Å². The quantitative estimate of drug-likeness (QED) is 0.837. The van der Waals surface area contributed by atoms with Crippen LogP contribution in [0.15, 0.2) is 59.1 Å². The third kappa shape index (κ3) is 2.66. The van der Waals surface area contributed by atoms with Crippen LogP contribution in [-0.2, 0) is 15.1 Å². The van der Waals surface area contributed by atoms with Gasteiger partial charge in [-0.25, -0.2) is 4.79 Å². The first-order valence-corrected chi connectivity index (χ1v) is 7.86. The van der Waals surface area contributed by atoms with E-state index < -0.39 is 17.7 Å². The number of carbonyl (C=O) groups is 1. The van der Waals surface area contributed by atoms with E-state index in [1.165, 1.54) is 7.11 Å². The summed E-state index contributed by atoms with van der Waals surface area (Å²) in [5.41, 5.74) is -0.643. The highest BCUT2D eigenvalue weighted by atomic mass is 79.9. The van der Waals surface area contributed by atoms with Gasteiger partial charge in [-0.1, -0.05) is 58.4 Å². The first kappa shape index (κ1) is 15.8. The molecular formula is C18H15BrO4. The number of hydrogen-bond acceptors (Lipinski definition) is 4. The van der Waals surface area contributed by atoms with Crippen LogP contribution in [0.2, 0.25) is 0 Å². The van der Waals surface area contributed by atoms with Gasteiger partial charge in [0.2, 0.25) is 5.60 Å². The highest BCUT2D eigenvalue weighted by Crippen LogP contribution is 2.38. The standard InChI is InChI=1S/C18H15BrO4/c1-22-17(20)18(21,12-6-3-2-4-7-12)16-11-10-13-14(19)8-5-9-15(13)23-16/h2-11,16,21H,1H3. The molecule has 0 saturated heterocycles. The molecule has 1 heterocycles. The summed E-state index contributed by atoms with van der Waals surface area (Å²) in [6.45, 7) is 0. The van der Waals surface area contributed by atoms with E-state index in [0.29, 0.717) is 11.3 Å². The number of benzene rings is 2. The van der Waals surface area contributed by atoms with Gasteiger partial charge in [-0.05, 0) is 23.8 Å². The molecule has 1 aliphatic heterocycles. The Morgan fingerprint density at radius 2 is 1.96 bits per heavy atom. The number of halogens is 1. The molecule has 0 fully saturated rings. The molecular weight excluding hydrogens is 360 g/mol. The van der Waals surface area contributed by atoms with Crippen molar-refractivity contribution in [3.63, 3.8) is 0 Å². The van der Waals surface area contributed by atoms with Gasteiger partial charge in [0, 0.05) is 10.0 Å². The number of hydrogen-bond donors (Lipinski definition) is 1. The second-order valence-electron chi connectivity index (χ2n) is 5.17. The summed E-state index contributed by atoms with van der Waals surface area (Å²) < 4.78 is 11.6. The number of fused-ring (bicyclic) bond motifs is 1. The van der Waals surface area contributed by atoms with E-state index in [-0.39, 0.29) is 0 Å². The Kier molecular flexibility index (Phi) is 4.24. The predicted molar refractivity (Wildman–Crippen MR) is 89.9 cm³/mol. The summed E-state index contributed by atoms with van der Waals surface area (Å²) in [5.74, 6) is -0.179. The maximum atomic E-state index is 12.3. The molecule has 0 amide bonds. The molecule has 23 heavy (non-hydrogen) atoms. The van der Waals surface area contributed by atoms with Crippen LogP contribution in [0.1, 0.15) is 11.1 Å². The molecule has 2 aromatic carbocycles. The Hall–Kier alpha value is -2.11. The maximum absolute atomic E-state index is 12.3. The number of carbonyl (C=O) groups excluding carboxylic acids is 1. The number of aliphatic hydroxyl groups is 1. The van der Waals surface area contributed by atoms with Crippen LogP contribution in [0.3, 0.4) is 0 Å². The van der Waals surface area contributed by atoms with Crippen molar-refractivity contribution in [2.45, 2.75) is 11.7 Å². The second kappa shape index (κ2) is 6.18. The van der Waals surface area contributed by atoms with Crippen molar-refractivity contribution in [1.82, 2.24) is 0 Å². The van der Waals surface area contributed by atoms with Crippen LogP contribution in [0, 0.1) is 0 Å². The van der Waals surface area contributed by atoms with E-state index in [1.54, 1.807) is 36.4 Å². The topological polar surface area (TPSA) is 55.8 Å². The maximum Gasteiger partial charge on any atom is 0.346 e. The average molecular weight is 375 g/mol. The summed E-state index contributed by atoms with van der Waals surface area (Å²) in [4.78, 5) is 12.3. The van der Waals surface area contributed by atoms with Crippen LogP contribution in [0.25, 0.3) is 6.08 Å². The lowest BCUT2D eigenvalue weighted by Crippen LogP contribution is -2.49. The monoisotopic (exact) mass is 374 g/mol. The number of methoxy groups -OCH3 is 1. The van der Waals surface area contributed by atoms with Gasteiger partial charge in [-0.2, -0.15) is 0 Å². The van der Waals surface area contributed by atoms with Gasteiger partial charge < -0.3 is 14.6 Å². The first-order valence-electron chi connectivity index (χ1n) is 7.07. The lowest BCUT2D eigenvalue weighted by Gasteiger charge is -2.34. The SMILES string of the molecule is COC(=O)C(O)(c1ccccc1)C1C=Cc2c(Br)cccc2O1. The Bertz CT molecular complexity index is 757. The van der Waals surface area contributed by atoms with Gasteiger partial charge in [0.05, 0.1) is 7.11 Å². The molecule has 2 aromatic rings. The van der Waals surface area contributed by atoms with Gasteiger partial charge in [0.1, 0.15) is 5.75 Å². The van der Waals surface area contributed by atoms with Crippen LogP contribution in [0.4, 0.5) is 0 Å². The van der Waals surface area contributed by atoms with E-state index >= 15 is 0 Å². The van der Waals surface area contributed by atoms with Crippen LogP contribution < -0.4 is 4.74 Å². The van der Waals surface area contributed by atoms with Crippen LogP contribution >= 0.6 is 15.9 Å². The molecule has 3 rings (SSSR count). The van der Waals surface area contributed by atoms with Crippen molar-refractivity contribution in [1.29, 1.82) is 0 Å². The molecule has 4 nitrogen and oxygen atoms in total. The van der Waals surface area contributed by atoms with E-state index in [1.807, 2.05) is 24.3 Å². The Morgan fingerprint density at radius 3 is 2.65 bits per heavy atom. The molecule has 2 unspecified atom stereocenters. The molecule has 0 bridgehead atoms. The average Bonchev–Trinajstić information content (AvgIpc) is 2.61. The van der Waals surface area contributed by atoms with Crippen LogP contribution in [0.5, 0.6) is 5.75 Å². The number of ether oxygens (including phenoxy) is 2. The molecule has 1 aliphatic rings. The third-order valence-corrected chi connectivity index (χ3v) is 4.52. The summed E-state index contributed by atoms with van der Waals surface area (Å²) >= 11 is 3.45. The molecule has 0 radical (unpaired) electrons. The zero-order valence-electron chi connectivity index (χ0n) is 12.4. The summed E-state index contributed by atoms with van der Waals surface area (Å²) in [6, 6.07) is 14.2. The van der Waals surface area contributed by atoms with E-state index in [2.05, 4.69) is 15.9 Å². The smallest absolute Gasteiger partial charge is 0.346 e. The molecule has 0 aliphatic carbocycles. The Labute approximate surface area is 142 Å². The molecule has 0 saturated carbocycles. The molecule has 118 valence electrons. The van der Waals surface area contributed by atoms with Crippen molar-refractivity contribution in [3.8, 4) is 5.75 Å². The van der Waals surface area contributed by atoms with E-state index in [0.717, 1.165) is 10.0 Å². The van der Waals surface area contributed by atoms with E-state index in [9.17, 15) is 9.90 Å². The van der Waals surface area contributed by atoms with Crippen molar-refractivity contribution >= 4 is 28.0 Å². The summed E-state index contributed by atoms with van der Waals surface area (Å²) in [7, 11) is 1.24. The molecule has 2 atom stereocenters. The molecule has 0 aromatic heterocycles. The van der Waals surface area contributed by atoms with Gasteiger partial charge in [-0.3, -0.25) is 0 Å². The Morgan fingerprint density at radius 1 is 1.22 bits per heavy atom. The first-order chi connectivity index (χ1) is 11.1. The third-order valence-electron chi connectivity index (χ3n) is 3.83. The van der Waals surface area contributed by atoms with Crippen molar-refractivity contribution in [2.75, 3.05) is 7.11 Å². The fraction of sp³-hybridized carbons (Fsp3) is 0.167. The number of esters is 1. The predicted octanol–water partition coefficient (Wildman–Crippen LogP) is 3.28. The minimum absolute atomic E-state index is 0.417. The number of rotatable bonds is 3. The van der Waals surface area contributed by atoms with Crippen molar-refractivity contribution < 1.29 is 19.4 Å².